The Balaban J connectivity index is 1.76. The molecule has 0 atom stereocenters. The molecule has 0 aliphatic heterocycles. The Kier molecular flexibility index (Phi) is 6.17. The second-order valence-electron chi connectivity index (χ2n) is 7.14. The molecule has 32 heavy (non-hydrogen) atoms. The van der Waals surface area contributed by atoms with Crippen LogP contribution >= 0.6 is 0 Å². The van der Waals surface area contributed by atoms with Crippen LogP contribution in [0.25, 0.3) is 22.3 Å². The van der Waals surface area contributed by atoms with Crippen LogP contribution in [0.3, 0.4) is 0 Å². The molecule has 7 nitrogen and oxygen atoms in total. The number of hydrogen-bond donors (Lipinski definition) is 1. The molecule has 0 aliphatic rings. The van der Waals surface area contributed by atoms with Crippen molar-refractivity contribution in [1.82, 2.24) is 9.66 Å². The number of amides is 1. The molecule has 7 heteroatoms. The molecular weight excluding hydrogens is 406 g/mol. The first-order chi connectivity index (χ1) is 15.6. The van der Waals surface area contributed by atoms with E-state index in [1.807, 2.05) is 19.1 Å². The van der Waals surface area contributed by atoms with Gasteiger partial charge in [-0.1, -0.05) is 31.2 Å². The lowest BCUT2D eigenvalue weighted by molar-refractivity contribution is 0.101. The van der Waals surface area contributed by atoms with Crippen LogP contribution in [0.5, 0.6) is 11.5 Å². The number of methoxy groups -OCH3 is 1. The van der Waals surface area contributed by atoms with Crippen LogP contribution in [0.4, 0.5) is 0 Å². The second kappa shape index (κ2) is 9.34. The summed E-state index contributed by atoms with van der Waals surface area (Å²) in [4.78, 5) is 30.9. The third kappa shape index (κ3) is 4.32. The molecule has 0 radical (unpaired) electrons. The Morgan fingerprint density at radius 2 is 1.78 bits per heavy atom. The van der Waals surface area contributed by atoms with Crippen LogP contribution in [-0.2, 0) is 0 Å². The number of carbonyl (C=O) groups is 1. The molecular formula is C25H23N3O4. The minimum Gasteiger partial charge on any atom is -0.497 e. The average Bonchev–Trinajstić information content (AvgIpc) is 2.84. The zero-order valence-electron chi connectivity index (χ0n) is 17.9. The van der Waals surface area contributed by atoms with E-state index in [-0.39, 0.29) is 5.56 Å². The first-order valence-electron chi connectivity index (χ1n) is 10.3. The molecule has 4 rings (SSSR count). The Bertz CT molecular complexity index is 1310. The van der Waals surface area contributed by atoms with Crippen LogP contribution in [0.15, 0.2) is 77.6 Å². The number of benzene rings is 3. The molecule has 0 saturated heterocycles. The number of aromatic nitrogens is 2. The number of ether oxygens (including phenoxy) is 2. The van der Waals surface area contributed by atoms with Crippen molar-refractivity contribution in [2.45, 2.75) is 13.3 Å². The number of fused-ring (bicyclic) bond motifs is 1. The Morgan fingerprint density at radius 3 is 2.53 bits per heavy atom. The van der Waals surface area contributed by atoms with Crippen molar-refractivity contribution < 1.29 is 14.3 Å². The monoisotopic (exact) mass is 429 g/mol. The fourth-order valence-electron chi connectivity index (χ4n) is 3.28. The van der Waals surface area contributed by atoms with Crippen molar-refractivity contribution in [1.29, 1.82) is 0 Å². The molecule has 4 aromatic rings. The van der Waals surface area contributed by atoms with Gasteiger partial charge in [0.05, 0.1) is 24.6 Å². The van der Waals surface area contributed by atoms with Gasteiger partial charge in [0.2, 0.25) is 0 Å². The van der Waals surface area contributed by atoms with Crippen LogP contribution in [0, 0.1) is 0 Å². The number of nitrogens with zero attached hydrogens (tertiary/aromatic N) is 2. The molecule has 0 aliphatic carbocycles. The van der Waals surface area contributed by atoms with Gasteiger partial charge in [-0.3, -0.25) is 15.0 Å². The van der Waals surface area contributed by atoms with Gasteiger partial charge in [-0.25, -0.2) is 4.98 Å². The quantitative estimate of drug-likeness (QED) is 0.475. The van der Waals surface area contributed by atoms with Gasteiger partial charge in [0, 0.05) is 11.1 Å². The maximum Gasteiger partial charge on any atom is 0.280 e. The third-order valence-electron chi connectivity index (χ3n) is 4.91. The molecule has 1 heterocycles. The van der Waals surface area contributed by atoms with E-state index in [9.17, 15) is 9.59 Å². The molecule has 3 aromatic carbocycles. The summed E-state index contributed by atoms with van der Waals surface area (Å²) in [5.74, 6) is 1.18. The highest BCUT2D eigenvalue weighted by Crippen LogP contribution is 2.23. The van der Waals surface area contributed by atoms with Crippen LogP contribution < -0.4 is 20.5 Å². The third-order valence-corrected chi connectivity index (χ3v) is 4.91. The second-order valence-corrected chi connectivity index (χ2v) is 7.14. The van der Waals surface area contributed by atoms with Gasteiger partial charge in [0.25, 0.3) is 11.5 Å². The van der Waals surface area contributed by atoms with Crippen molar-refractivity contribution in [3.8, 4) is 22.9 Å². The Morgan fingerprint density at radius 1 is 1.00 bits per heavy atom. The summed E-state index contributed by atoms with van der Waals surface area (Å²) >= 11 is 0. The van der Waals surface area contributed by atoms with Gasteiger partial charge in [-0.15, -0.1) is 0 Å². The van der Waals surface area contributed by atoms with Gasteiger partial charge in [0.15, 0.2) is 5.82 Å². The van der Waals surface area contributed by atoms with Crippen molar-refractivity contribution in [2.75, 3.05) is 19.1 Å². The summed E-state index contributed by atoms with van der Waals surface area (Å²) in [5.41, 5.74) is 3.91. The van der Waals surface area contributed by atoms with Crippen molar-refractivity contribution in [2.24, 2.45) is 0 Å². The standard InChI is InChI=1S/C25H23N3O4/c1-3-15-32-19-13-11-17(12-14-19)24(29)27-28-23(18-7-6-8-20(16-18)31-2)26-22-10-5-4-9-21(22)25(28)30/h4-14,16H,3,15H2,1-2H3,(H,27,29). The van der Waals surface area contributed by atoms with E-state index in [1.165, 1.54) is 4.68 Å². The highest BCUT2D eigenvalue weighted by Gasteiger charge is 2.16. The first-order valence-corrected chi connectivity index (χ1v) is 10.3. The van der Waals surface area contributed by atoms with Gasteiger partial charge < -0.3 is 9.47 Å². The topological polar surface area (TPSA) is 82.4 Å². The Hall–Kier alpha value is -4.13. The van der Waals surface area contributed by atoms with Gasteiger partial charge in [-0.2, -0.15) is 4.68 Å². The average molecular weight is 429 g/mol. The fraction of sp³-hybridized carbons (Fsp3) is 0.160. The lowest BCUT2D eigenvalue weighted by Crippen LogP contribution is -2.35. The van der Waals surface area contributed by atoms with E-state index in [0.29, 0.717) is 46.0 Å². The normalized spacial score (nSPS) is 10.7. The van der Waals surface area contributed by atoms with Crippen molar-refractivity contribution in [3.63, 3.8) is 0 Å². The summed E-state index contributed by atoms with van der Waals surface area (Å²) in [6.07, 6.45) is 0.896. The number of para-hydroxylation sites is 1. The maximum absolute atomic E-state index is 13.3. The molecule has 0 bridgehead atoms. The molecule has 0 unspecified atom stereocenters. The summed E-state index contributed by atoms with van der Waals surface area (Å²) in [6, 6.07) is 21.0. The molecule has 0 saturated carbocycles. The minimum atomic E-state index is -0.435. The lowest BCUT2D eigenvalue weighted by Gasteiger charge is -2.15. The maximum atomic E-state index is 13.3. The minimum absolute atomic E-state index is 0.309. The molecule has 1 N–H and O–H groups in total. The van der Waals surface area contributed by atoms with Gasteiger partial charge in [0.1, 0.15) is 11.5 Å². The van der Waals surface area contributed by atoms with E-state index < -0.39 is 5.91 Å². The highest BCUT2D eigenvalue weighted by atomic mass is 16.5. The van der Waals surface area contributed by atoms with Crippen LogP contribution in [-0.4, -0.2) is 29.3 Å². The van der Waals surface area contributed by atoms with E-state index in [0.717, 1.165) is 6.42 Å². The van der Waals surface area contributed by atoms with Crippen LogP contribution in [0.1, 0.15) is 23.7 Å². The van der Waals surface area contributed by atoms with Crippen molar-refractivity contribution in [3.05, 3.63) is 88.7 Å². The molecule has 1 amide bonds. The molecule has 162 valence electrons. The Labute approximate surface area is 185 Å². The molecule has 0 fully saturated rings. The number of nitrogens with one attached hydrogen (secondary N) is 1. The van der Waals surface area contributed by atoms with Gasteiger partial charge in [-0.05, 0) is 55.0 Å². The smallest absolute Gasteiger partial charge is 0.280 e. The summed E-state index contributed by atoms with van der Waals surface area (Å²) in [7, 11) is 1.57. The number of hydrogen-bond acceptors (Lipinski definition) is 5. The predicted molar refractivity (Wildman–Crippen MR) is 124 cm³/mol. The van der Waals surface area contributed by atoms with E-state index >= 15 is 0 Å². The summed E-state index contributed by atoms with van der Waals surface area (Å²) in [6.45, 7) is 2.63. The largest absolute Gasteiger partial charge is 0.497 e. The van der Waals surface area contributed by atoms with Crippen molar-refractivity contribution >= 4 is 16.8 Å². The number of carbonyl (C=O) groups excluding carboxylic acids is 1. The zero-order chi connectivity index (χ0) is 22.5. The van der Waals surface area contributed by atoms with E-state index in [4.69, 9.17) is 9.47 Å². The molecule has 0 spiro atoms. The highest BCUT2D eigenvalue weighted by molar-refractivity contribution is 6.00. The summed E-state index contributed by atoms with van der Waals surface area (Å²) in [5, 5.41) is 0.405. The number of rotatable bonds is 7. The van der Waals surface area contributed by atoms with Crippen LogP contribution in [0.2, 0.25) is 0 Å². The molecule has 1 aromatic heterocycles. The lowest BCUT2D eigenvalue weighted by atomic mass is 10.1. The predicted octanol–water partition coefficient (Wildman–Crippen LogP) is 4.24. The SMILES string of the molecule is CCCOc1ccc(C(=O)Nn2c(-c3cccc(OC)c3)nc3ccccc3c2=O)cc1. The van der Waals surface area contributed by atoms with Gasteiger partial charge >= 0.3 is 0 Å². The zero-order valence-corrected chi connectivity index (χ0v) is 17.9. The van der Waals surface area contributed by atoms with E-state index in [1.54, 1.807) is 67.8 Å². The van der Waals surface area contributed by atoms with E-state index in [2.05, 4.69) is 10.4 Å². The fourth-order valence-corrected chi connectivity index (χ4v) is 3.28. The summed E-state index contributed by atoms with van der Waals surface area (Å²) < 4.78 is 12.1. The first kappa shape index (κ1) is 21.1.